The first-order valence-electron chi connectivity index (χ1n) is 9.66. The van der Waals surface area contributed by atoms with Crippen LogP contribution in [0.2, 0.25) is 0 Å². The molecule has 0 bridgehead atoms. The Labute approximate surface area is 186 Å². The second kappa shape index (κ2) is 10.2. The van der Waals surface area contributed by atoms with Crippen LogP contribution in [0.15, 0.2) is 46.9 Å². The number of hydrogen-bond acceptors (Lipinski definition) is 9. The molecule has 0 aromatic heterocycles. The van der Waals surface area contributed by atoms with Crippen LogP contribution >= 0.6 is 0 Å². The molecule has 3 N–H and O–H groups in total. The van der Waals surface area contributed by atoms with Gasteiger partial charge < -0.3 is 25.4 Å². The summed E-state index contributed by atoms with van der Waals surface area (Å²) in [6.07, 6.45) is -5.80. The van der Waals surface area contributed by atoms with E-state index in [-0.39, 0.29) is 34.8 Å². The van der Waals surface area contributed by atoms with E-state index >= 15 is 0 Å². The number of carbonyl (C=O) groups excluding carboxylic acids is 2. The lowest BCUT2D eigenvalue weighted by Crippen LogP contribution is -2.36. The van der Waals surface area contributed by atoms with Gasteiger partial charge in [0.2, 0.25) is 0 Å². The fourth-order valence-corrected chi connectivity index (χ4v) is 3.24. The van der Waals surface area contributed by atoms with Gasteiger partial charge in [0.1, 0.15) is 18.5 Å². The number of esters is 2. The number of halogens is 3. The van der Waals surface area contributed by atoms with Crippen LogP contribution < -0.4 is 11.1 Å². The molecule has 1 aromatic rings. The van der Waals surface area contributed by atoms with Crippen molar-refractivity contribution in [2.24, 2.45) is 5.73 Å². The molecule has 13 heteroatoms. The molecule has 1 aliphatic rings. The smallest absolute Gasteiger partial charge is 0.416 e. The van der Waals surface area contributed by atoms with E-state index in [4.69, 9.17) is 15.2 Å². The van der Waals surface area contributed by atoms with Crippen LogP contribution in [-0.2, 0) is 30.1 Å². The second-order valence-electron chi connectivity index (χ2n) is 7.01. The summed E-state index contributed by atoms with van der Waals surface area (Å²) >= 11 is 0. The fraction of sp³-hybridized carbons (Fsp3) is 0.400. The average Bonchev–Trinajstić information content (AvgIpc) is 2.70. The standard InChI is InChI=1S/C20H22F3N3O7/c1-4-31-19(28)16-15(12-6-5-7-13(8-12)20(21,22)23)14(11(3)25-17(16)24)18(27)32-9-10(2)33-26(29)30/h5-8,10,15,25H,4,9,24H2,1-3H3. The molecular weight excluding hydrogens is 451 g/mol. The SMILES string of the molecule is CCOC(=O)C1=C(N)NC(C)=C(C(=O)OCC(C)O[N+](=O)[O-])C1c1cccc(C(F)(F)F)c1. The molecule has 0 aliphatic carbocycles. The van der Waals surface area contributed by atoms with Gasteiger partial charge in [-0.05, 0) is 32.4 Å². The third-order valence-electron chi connectivity index (χ3n) is 4.57. The summed E-state index contributed by atoms with van der Waals surface area (Å²) in [4.78, 5) is 40.3. The summed E-state index contributed by atoms with van der Waals surface area (Å²) in [5.74, 6) is -3.52. The molecule has 0 radical (unpaired) electrons. The van der Waals surface area contributed by atoms with E-state index in [9.17, 15) is 32.9 Å². The Morgan fingerprint density at radius 3 is 2.45 bits per heavy atom. The average molecular weight is 473 g/mol. The van der Waals surface area contributed by atoms with Crippen molar-refractivity contribution in [3.8, 4) is 0 Å². The molecule has 0 amide bonds. The summed E-state index contributed by atoms with van der Waals surface area (Å²) in [5, 5.41) is 12.0. The minimum Gasteiger partial charge on any atom is -0.463 e. The molecule has 33 heavy (non-hydrogen) atoms. The van der Waals surface area contributed by atoms with Gasteiger partial charge in [0, 0.05) is 5.70 Å². The Kier molecular flexibility index (Phi) is 7.90. The largest absolute Gasteiger partial charge is 0.463 e. The van der Waals surface area contributed by atoms with Gasteiger partial charge in [-0.15, -0.1) is 10.1 Å². The molecular formula is C20H22F3N3O7. The zero-order valence-electron chi connectivity index (χ0n) is 17.9. The lowest BCUT2D eigenvalue weighted by Gasteiger charge is -2.30. The van der Waals surface area contributed by atoms with Crippen LogP contribution in [0, 0.1) is 10.1 Å². The topological polar surface area (TPSA) is 143 Å². The van der Waals surface area contributed by atoms with Gasteiger partial charge in [-0.1, -0.05) is 18.2 Å². The molecule has 10 nitrogen and oxygen atoms in total. The molecule has 2 atom stereocenters. The number of nitrogens with two attached hydrogens (primary N) is 1. The monoisotopic (exact) mass is 473 g/mol. The predicted octanol–water partition coefficient (Wildman–Crippen LogP) is 2.54. The first-order chi connectivity index (χ1) is 15.4. The fourth-order valence-electron chi connectivity index (χ4n) is 3.24. The number of benzene rings is 1. The Bertz CT molecular complexity index is 1000. The van der Waals surface area contributed by atoms with Crippen molar-refractivity contribution in [1.82, 2.24) is 5.32 Å². The highest BCUT2D eigenvalue weighted by molar-refractivity contribution is 5.99. The normalized spacial score (nSPS) is 17.2. The van der Waals surface area contributed by atoms with Gasteiger partial charge in [0.25, 0.3) is 5.09 Å². The van der Waals surface area contributed by atoms with Crippen molar-refractivity contribution in [2.75, 3.05) is 13.2 Å². The number of hydrogen-bond donors (Lipinski definition) is 2. The van der Waals surface area contributed by atoms with Crippen molar-refractivity contribution in [3.63, 3.8) is 0 Å². The van der Waals surface area contributed by atoms with E-state index in [0.29, 0.717) is 0 Å². The van der Waals surface area contributed by atoms with Crippen LogP contribution in [0.3, 0.4) is 0 Å². The molecule has 0 spiro atoms. The number of nitrogens with zero attached hydrogens (tertiary/aromatic N) is 1. The zero-order chi connectivity index (χ0) is 24.9. The molecule has 1 heterocycles. The van der Waals surface area contributed by atoms with Crippen LogP contribution in [0.4, 0.5) is 13.2 Å². The molecule has 180 valence electrons. The quantitative estimate of drug-likeness (QED) is 0.331. The number of rotatable bonds is 8. The number of ether oxygens (including phenoxy) is 2. The number of nitrogens with one attached hydrogen (secondary N) is 1. The third kappa shape index (κ3) is 6.14. The Morgan fingerprint density at radius 1 is 1.24 bits per heavy atom. The third-order valence-corrected chi connectivity index (χ3v) is 4.57. The van der Waals surface area contributed by atoms with Crippen molar-refractivity contribution >= 4 is 11.9 Å². The number of alkyl halides is 3. The summed E-state index contributed by atoms with van der Waals surface area (Å²) in [7, 11) is 0. The van der Waals surface area contributed by atoms with E-state index in [0.717, 1.165) is 18.2 Å². The molecule has 0 fully saturated rings. The predicted molar refractivity (Wildman–Crippen MR) is 106 cm³/mol. The van der Waals surface area contributed by atoms with Gasteiger partial charge in [-0.2, -0.15) is 13.2 Å². The number of dihydropyridines is 1. The van der Waals surface area contributed by atoms with Gasteiger partial charge >= 0.3 is 18.1 Å². The van der Waals surface area contributed by atoms with E-state index in [1.165, 1.54) is 26.8 Å². The Morgan fingerprint density at radius 2 is 1.88 bits per heavy atom. The maximum atomic E-state index is 13.3. The Hall–Kier alpha value is -3.77. The van der Waals surface area contributed by atoms with E-state index < -0.39 is 47.4 Å². The molecule has 0 saturated carbocycles. The van der Waals surface area contributed by atoms with Crippen molar-refractivity contribution in [3.05, 3.63) is 68.2 Å². The van der Waals surface area contributed by atoms with Gasteiger partial charge in [0.15, 0.2) is 0 Å². The molecule has 0 saturated heterocycles. The lowest BCUT2D eigenvalue weighted by atomic mass is 9.81. The zero-order valence-corrected chi connectivity index (χ0v) is 17.9. The molecule has 1 aromatic carbocycles. The maximum absolute atomic E-state index is 13.3. The van der Waals surface area contributed by atoms with Crippen molar-refractivity contribution in [2.45, 2.75) is 39.0 Å². The van der Waals surface area contributed by atoms with E-state index in [1.54, 1.807) is 0 Å². The van der Waals surface area contributed by atoms with Crippen LogP contribution in [-0.4, -0.2) is 36.3 Å². The van der Waals surface area contributed by atoms with Crippen LogP contribution in [0.1, 0.15) is 37.8 Å². The van der Waals surface area contributed by atoms with Crippen molar-refractivity contribution < 1.29 is 42.2 Å². The van der Waals surface area contributed by atoms with E-state index in [1.807, 2.05) is 0 Å². The van der Waals surface area contributed by atoms with Crippen LogP contribution in [0.5, 0.6) is 0 Å². The van der Waals surface area contributed by atoms with Crippen molar-refractivity contribution in [1.29, 1.82) is 0 Å². The first-order valence-corrected chi connectivity index (χ1v) is 9.66. The summed E-state index contributed by atoms with van der Waals surface area (Å²) in [5.41, 5.74) is 4.54. The molecule has 2 unspecified atom stereocenters. The lowest BCUT2D eigenvalue weighted by molar-refractivity contribution is -0.767. The maximum Gasteiger partial charge on any atom is 0.416 e. The number of carbonyl (C=O) groups is 2. The highest BCUT2D eigenvalue weighted by atomic mass is 19.4. The summed E-state index contributed by atoms with van der Waals surface area (Å²) in [6.45, 7) is 3.64. The van der Waals surface area contributed by atoms with Gasteiger partial charge in [-0.3, -0.25) is 0 Å². The minimum atomic E-state index is -4.68. The first kappa shape index (κ1) is 25.5. The summed E-state index contributed by atoms with van der Waals surface area (Å²) in [6, 6.07) is 4.07. The highest BCUT2D eigenvalue weighted by Gasteiger charge is 2.40. The number of allylic oxidation sites excluding steroid dienone is 1. The van der Waals surface area contributed by atoms with Crippen LogP contribution in [0.25, 0.3) is 0 Å². The van der Waals surface area contributed by atoms with Gasteiger partial charge in [-0.25, -0.2) is 9.59 Å². The van der Waals surface area contributed by atoms with E-state index in [2.05, 4.69) is 10.2 Å². The van der Waals surface area contributed by atoms with Gasteiger partial charge in [0.05, 0.1) is 29.2 Å². The second-order valence-corrected chi connectivity index (χ2v) is 7.01. The molecule has 1 aliphatic heterocycles. The summed E-state index contributed by atoms with van der Waals surface area (Å²) < 4.78 is 50.0. The minimum absolute atomic E-state index is 0.0524. The Balaban J connectivity index is 2.54. The highest BCUT2D eigenvalue weighted by Crippen LogP contribution is 2.40. The molecule has 2 rings (SSSR count).